The third kappa shape index (κ3) is 4.49. The fraction of sp³-hybridized carbons (Fsp3) is 0.594. The van der Waals surface area contributed by atoms with Crippen LogP contribution in [0.1, 0.15) is 53.5 Å². The zero-order valence-electron chi connectivity index (χ0n) is 24.5. The Morgan fingerprint density at radius 3 is 2.27 bits per heavy atom. The van der Waals surface area contributed by atoms with Crippen LogP contribution in [0.5, 0.6) is 0 Å². The van der Waals surface area contributed by atoms with Crippen LogP contribution in [0, 0.1) is 17.8 Å². The van der Waals surface area contributed by atoms with Crippen LogP contribution >= 0.6 is 0 Å². The summed E-state index contributed by atoms with van der Waals surface area (Å²) in [6.07, 6.45) is 8.16. The van der Waals surface area contributed by atoms with Crippen LogP contribution in [0.25, 0.3) is 0 Å². The first-order chi connectivity index (χ1) is 18.8. The highest BCUT2D eigenvalue weighted by molar-refractivity contribution is 6.00. The van der Waals surface area contributed by atoms with Crippen molar-refractivity contribution < 1.29 is 24.2 Å². The predicted molar refractivity (Wildman–Crippen MR) is 152 cm³/mol. The van der Waals surface area contributed by atoms with Crippen LogP contribution in [0.3, 0.4) is 0 Å². The van der Waals surface area contributed by atoms with E-state index in [1.807, 2.05) is 96.2 Å². The van der Waals surface area contributed by atoms with Crippen molar-refractivity contribution in [3.63, 3.8) is 0 Å². The van der Waals surface area contributed by atoms with Gasteiger partial charge in [-0.25, -0.2) is 0 Å². The smallest absolute Gasteiger partial charge is 0.249 e. The molecule has 8 heteroatoms. The molecule has 4 heterocycles. The Bertz CT molecular complexity index is 1220. The summed E-state index contributed by atoms with van der Waals surface area (Å²) in [4.78, 5) is 48.6. The number of amides is 3. The maximum Gasteiger partial charge on any atom is 0.249 e. The van der Waals surface area contributed by atoms with Gasteiger partial charge in [-0.05, 0) is 45.6 Å². The van der Waals surface area contributed by atoms with Crippen molar-refractivity contribution in [1.29, 1.82) is 0 Å². The lowest BCUT2D eigenvalue weighted by atomic mass is 9.74. The minimum atomic E-state index is -1.33. The highest BCUT2D eigenvalue weighted by Gasteiger charge is 2.75. The molecule has 1 unspecified atom stereocenters. The largest absolute Gasteiger partial charge is 0.394 e. The summed E-state index contributed by atoms with van der Waals surface area (Å²) >= 11 is 0. The van der Waals surface area contributed by atoms with E-state index in [0.29, 0.717) is 26.1 Å². The molecule has 5 rings (SSSR count). The van der Waals surface area contributed by atoms with E-state index >= 15 is 0 Å². The monoisotopic (exact) mass is 549 g/mol. The molecule has 1 N–H and O–H groups in total. The Balaban J connectivity index is 1.63. The first kappa shape index (κ1) is 28.6. The van der Waals surface area contributed by atoms with E-state index in [2.05, 4.69) is 0 Å². The third-order valence-electron chi connectivity index (χ3n) is 8.95. The van der Waals surface area contributed by atoms with E-state index in [1.165, 1.54) is 0 Å². The van der Waals surface area contributed by atoms with Crippen molar-refractivity contribution in [3.8, 4) is 0 Å². The van der Waals surface area contributed by atoms with Gasteiger partial charge in [0.1, 0.15) is 11.6 Å². The Kier molecular flexibility index (Phi) is 7.24. The Labute approximate surface area is 237 Å². The summed E-state index contributed by atoms with van der Waals surface area (Å²) in [5.74, 6) is -2.19. The van der Waals surface area contributed by atoms with Gasteiger partial charge in [0.25, 0.3) is 0 Å². The highest BCUT2D eigenvalue weighted by Crippen LogP contribution is 2.58. The number of aliphatic hydroxyl groups is 1. The van der Waals surface area contributed by atoms with Crippen molar-refractivity contribution >= 4 is 17.7 Å². The van der Waals surface area contributed by atoms with Gasteiger partial charge in [0.2, 0.25) is 17.7 Å². The average Bonchev–Trinajstić information content (AvgIpc) is 3.15. The van der Waals surface area contributed by atoms with Gasteiger partial charge in [-0.2, -0.15) is 0 Å². The van der Waals surface area contributed by atoms with Gasteiger partial charge in [-0.15, -0.1) is 0 Å². The van der Waals surface area contributed by atoms with Crippen LogP contribution < -0.4 is 0 Å². The molecule has 216 valence electrons. The summed E-state index contributed by atoms with van der Waals surface area (Å²) in [5, 5.41) is 10.5. The first-order valence-electron chi connectivity index (χ1n) is 14.5. The van der Waals surface area contributed by atoms with E-state index in [4.69, 9.17) is 4.74 Å². The number of aliphatic hydroxyl groups excluding tert-OH is 1. The van der Waals surface area contributed by atoms with Crippen LogP contribution in [-0.4, -0.2) is 86.0 Å². The van der Waals surface area contributed by atoms with Gasteiger partial charge in [-0.3, -0.25) is 14.4 Å². The van der Waals surface area contributed by atoms with Crippen LogP contribution in [0.2, 0.25) is 0 Å². The lowest BCUT2D eigenvalue weighted by Gasteiger charge is -2.43. The molecule has 4 aliphatic rings. The molecule has 8 nitrogen and oxygen atoms in total. The molecule has 40 heavy (non-hydrogen) atoms. The van der Waals surface area contributed by atoms with Gasteiger partial charge >= 0.3 is 0 Å². The highest BCUT2D eigenvalue weighted by atomic mass is 16.5. The third-order valence-corrected chi connectivity index (χ3v) is 8.95. The summed E-state index contributed by atoms with van der Waals surface area (Å²) in [5.41, 5.74) is -1.89. The molecular formula is C32H43N3O5. The normalized spacial score (nSPS) is 32.8. The van der Waals surface area contributed by atoms with Crippen molar-refractivity contribution in [3.05, 3.63) is 60.2 Å². The van der Waals surface area contributed by atoms with E-state index in [-0.39, 0.29) is 30.2 Å². The fourth-order valence-corrected chi connectivity index (χ4v) is 7.27. The molecule has 0 aliphatic carbocycles. The van der Waals surface area contributed by atoms with Gasteiger partial charge in [0.05, 0.1) is 30.1 Å². The first-order valence-corrected chi connectivity index (χ1v) is 14.5. The number of ether oxygens (including phenoxy) is 1. The van der Waals surface area contributed by atoms with Crippen molar-refractivity contribution in [2.24, 2.45) is 17.8 Å². The molecule has 3 amide bonds. The molecule has 1 spiro atoms. The molecule has 4 aliphatic heterocycles. The maximum absolute atomic E-state index is 14.6. The van der Waals surface area contributed by atoms with Gasteiger partial charge in [-0.1, -0.05) is 68.5 Å². The fourth-order valence-electron chi connectivity index (χ4n) is 7.27. The molecule has 1 aromatic rings. The van der Waals surface area contributed by atoms with E-state index < -0.39 is 40.7 Å². The van der Waals surface area contributed by atoms with Crippen LogP contribution in [-0.2, 0) is 25.7 Å². The van der Waals surface area contributed by atoms with Gasteiger partial charge in [0.15, 0.2) is 0 Å². The van der Waals surface area contributed by atoms with E-state index in [1.54, 1.807) is 14.7 Å². The standard InChI is InChI=1S/C32H43N3O5/c1-21(2)18-23(20-36)35-26-29(39)34(30(3,4)5)17-11-15-32(26)25(28(35)38)24-27(37)33(16-10-14-31(24,6)40-32)19-22-12-8-7-9-13-22/h7-15,21,23-26,36H,16-20H2,1-6H3/t23-,24-,25+,26?,31+,32+/m1/s1. The maximum atomic E-state index is 14.6. The Morgan fingerprint density at radius 2 is 1.65 bits per heavy atom. The second-order valence-electron chi connectivity index (χ2n) is 13.3. The molecule has 0 saturated carbocycles. The summed E-state index contributed by atoms with van der Waals surface area (Å²) < 4.78 is 6.92. The van der Waals surface area contributed by atoms with Crippen LogP contribution in [0.15, 0.2) is 54.6 Å². The summed E-state index contributed by atoms with van der Waals surface area (Å²) in [6, 6.07) is 8.25. The number of benzene rings is 1. The number of carbonyl (C=O) groups excluding carboxylic acids is 3. The second-order valence-corrected chi connectivity index (χ2v) is 13.3. The lowest BCUT2D eigenvalue weighted by molar-refractivity contribution is -0.158. The molecule has 0 aromatic heterocycles. The topological polar surface area (TPSA) is 90.4 Å². The van der Waals surface area contributed by atoms with Gasteiger partial charge < -0.3 is 24.5 Å². The Hall–Kier alpha value is -2.97. The minimum absolute atomic E-state index is 0.158. The van der Waals surface area contributed by atoms with E-state index in [0.717, 1.165) is 5.56 Å². The number of hydrogen-bond acceptors (Lipinski definition) is 5. The molecule has 2 fully saturated rings. The van der Waals surface area contributed by atoms with Crippen molar-refractivity contribution in [2.45, 2.75) is 83.3 Å². The molecule has 6 atom stereocenters. The Morgan fingerprint density at radius 1 is 0.975 bits per heavy atom. The number of carbonyl (C=O) groups is 3. The van der Waals surface area contributed by atoms with Crippen LogP contribution in [0.4, 0.5) is 0 Å². The number of rotatable bonds is 6. The second kappa shape index (κ2) is 10.1. The van der Waals surface area contributed by atoms with Crippen molar-refractivity contribution in [2.75, 3.05) is 19.7 Å². The zero-order chi connectivity index (χ0) is 29.0. The minimum Gasteiger partial charge on any atom is -0.394 e. The molecule has 2 saturated heterocycles. The number of likely N-dealkylation sites (tertiary alicyclic amines) is 1. The lowest BCUT2D eigenvalue weighted by Crippen LogP contribution is -2.61. The number of nitrogens with zero attached hydrogens (tertiary/aromatic N) is 3. The number of hydrogen-bond donors (Lipinski definition) is 1. The van der Waals surface area contributed by atoms with E-state index in [9.17, 15) is 19.5 Å². The molecular weight excluding hydrogens is 506 g/mol. The van der Waals surface area contributed by atoms with Gasteiger partial charge in [0, 0.05) is 25.2 Å². The number of fused-ring (bicyclic) bond motifs is 2. The molecule has 1 aromatic carbocycles. The van der Waals surface area contributed by atoms with Crippen molar-refractivity contribution in [1.82, 2.24) is 14.7 Å². The predicted octanol–water partition coefficient (Wildman–Crippen LogP) is 3.16. The summed E-state index contributed by atoms with van der Waals surface area (Å²) in [7, 11) is 0. The average molecular weight is 550 g/mol. The summed E-state index contributed by atoms with van der Waals surface area (Å²) in [6.45, 7) is 12.8. The SMILES string of the molecule is CC(C)C[C@H](CO)N1C(=O)[C@@H]2[C@@H]3C(=O)N(Cc4ccccc4)CC=C[C@]3(C)O[C@@]23C=CCN(C(C)(C)C)C(=O)C13. The quantitative estimate of drug-likeness (QED) is 0.551. The zero-order valence-corrected chi connectivity index (χ0v) is 24.5. The molecule has 0 radical (unpaired) electrons. The molecule has 0 bridgehead atoms.